The number of thiophene rings is 1. The van der Waals surface area contributed by atoms with E-state index in [1.165, 1.54) is 23.3 Å². The molecule has 0 bridgehead atoms. The molecule has 0 saturated carbocycles. The molecule has 0 unspecified atom stereocenters. The second-order valence-electron chi connectivity index (χ2n) is 5.46. The van der Waals surface area contributed by atoms with Crippen LogP contribution in [0.3, 0.4) is 0 Å². The van der Waals surface area contributed by atoms with E-state index in [4.69, 9.17) is 5.73 Å². The number of thioether (sulfide) groups is 1. The van der Waals surface area contributed by atoms with Gasteiger partial charge in [-0.15, -0.1) is 11.3 Å². The second-order valence-corrected chi connectivity index (χ2v) is 7.40. The van der Waals surface area contributed by atoms with E-state index in [-0.39, 0.29) is 17.1 Å². The number of para-hydroxylation sites is 1. The Labute approximate surface area is 151 Å². The smallest absolute Gasteiger partial charge is 0.267 e. The van der Waals surface area contributed by atoms with E-state index in [2.05, 4.69) is 4.98 Å². The van der Waals surface area contributed by atoms with Crippen LogP contribution in [0.25, 0.3) is 15.9 Å². The van der Waals surface area contributed by atoms with E-state index in [1.807, 2.05) is 18.2 Å². The summed E-state index contributed by atoms with van der Waals surface area (Å²) in [5.41, 5.74) is 6.32. The van der Waals surface area contributed by atoms with Gasteiger partial charge in [-0.25, -0.2) is 4.98 Å². The maximum atomic E-state index is 13.1. The molecule has 0 aliphatic carbocycles. The van der Waals surface area contributed by atoms with Crippen LogP contribution in [0.5, 0.6) is 0 Å². The van der Waals surface area contributed by atoms with Crippen molar-refractivity contribution in [3.05, 3.63) is 51.1 Å². The fourth-order valence-electron chi connectivity index (χ4n) is 2.47. The molecule has 8 heteroatoms. The Kier molecular flexibility index (Phi) is 4.73. The number of hydrogen-bond donors (Lipinski definition) is 1. The van der Waals surface area contributed by atoms with Crippen LogP contribution >= 0.6 is 23.1 Å². The Bertz CT molecular complexity index is 1040. The van der Waals surface area contributed by atoms with E-state index < -0.39 is 5.91 Å². The zero-order valence-electron chi connectivity index (χ0n) is 13.6. The summed E-state index contributed by atoms with van der Waals surface area (Å²) in [4.78, 5) is 41.4. The van der Waals surface area contributed by atoms with Crippen molar-refractivity contribution in [1.82, 2.24) is 9.55 Å². The van der Waals surface area contributed by atoms with Gasteiger partial charge in [0.05, 0.1) is 21.7 Å². The van der Waals surface area contributed by atoms with E-state index in [0.29, 0.717) is 31.5 Å². The van der Waals surface area contributed by atoms with Crippen LogP contribution in [0.2, 0.25) is 0 Å². The molecule has 2 heterocycles. The monoisotopic (exact) mass is 373 g/mol. The van der Waals surface area contributed by atoms with Crippen molar-refractivity contribution in [2.24, 2.45) is 5.73 Å². The highest BCUT2D eigenvalue weighted by molar-refractivity contribution is 7.99. The number of fused-ring (bicyclic) bond motifs is 1. The molecule has 0 saturated heterocycles. The van der Waals surface area contributed by atoms with Gasteiger partial charge in [0.25, 0.3) is 11.5 Å². The van der Waals surface area contributed by atoms with Crippen molar-refractivity contribution >= 4 is 45.0 Å². The van der Waals surface area contributed by atoms with Gasteiger partial charge in [-0.1, -0.05) is 30.0 Å². The summed E-state index contributed by atoms with van der Waals surface area (Å²) in [5.74, 6) is -0.388. The third kappa shape index (κ3) is 3.22. The third-order valence-electron chi connectivity index (χ3n) is 3.58. The molecule has 6 nitrogen and oxygen atoms in total. The molecule has 128 valence electrons. The third-order valence-corrected chi connectivity index (χ3v) is 5.86. The highest BCUT2D eigenvalue weighted by Crippen LogP contribution is 2.30. The molecule has 0 radical (unpaired) electrons. The second kappa shape index (κ2) is 6.81. The number of ketones is 1. The van der Waals surface area contributed by atoms with Gasteiger partial charge in [-0.05, 0) is 31.5 Å². The fraction of sp³-hybridized carbons (Fsp3) is 0.176. The minimum absolute atomic E-state index is 0.0147. The van der Waals surface area contributed by atoms with E-state index in [1.54, 1.807) is 19.1 Å². The zero-order valence-corrected chi connectivity index (χ0v) is 15.2. The minimum Gasteiger partial charge on any atom is -0.365 e. The van der Waals surface area contributed by atoms with Gasteiger partial charge in [0.2, 0.25) is 0 Å². The van der Waals surface area contributed by atoms with E-state index in [0.717, 1.165) is 11.3 Å². The number of amides is 1. The van der Waals surface area contributed by atoms with Crippen molar-refractivity contribution in [2.75, 3.05) is 5.75 Å². The Morgan fingerprint density at radius 1 is 1.28 bits per heavy atom. The van der Waals surface area contributed by atoms with Gasteiger partial charge >= 0.3 is 0 Å². The van der Waals surface area contributed by atoms with Gasteiger partial charge in [0.1, 0.15) is 10.6 Å². The van der Waals surface area contributed by atoms with Crippen LogP contribution in [0.15, 0.2) is 40.3 Å². The normalized spacial score (nSPS) is 11.0. The average molecular weight is 373 g/mol. The SMILES string of the molecule is CC(=O)CSc1nc2sc(C(N)=O)c(C)c2c(=O)n1-c1ccccc1. The average Bonchev–Trinajstić information content (AvgIpc) is 2.91. The Morgan fingerprint density at radius 3 is 2.56 bits per heavy atom. The summed E-state index contributed by atoms with van der Waals surface area (Å²) in [6.07, 6.45) is 0. The van der Waals surface area contributed by atoms with Crippen LogP contribution in [0.4, 0.5) is 0 Å². The first-order valence-corrected chi connectivity index (χ1v) is 9.24. The van der Waals surface area contributed by atoms with Gasteiger partial charge in [0.15, 0.2) is 5.16 Å². The number of aromatic nitrogens is 2. The molecule has 0 fully saturated rings. The molecule has 1 aromatic carbocycles. The number of aryl methyl sites for hydroxylation is 1. The van der Waals surface area contributed by atoms with Crippen LogP contribution in [-0.4, -0.2) is 27.0 Å². The molecule has 0 spiro atoms. The Balaban J connectivity index is 2.33. The molecule has 0 aliphatic rings. The number of Topliss-reactive ketones (excluding diaryl/α,β-unsaturated/α-hetero) is 1. The van der Waals surface area contributed by atoms with E-state index >= 15 is 0 Å². The summed E-state index contributed by atoms with van der Waals surface area (Å²) in [7, 11) is 0. The Hall–Kier alpha value is -2.45. The number of nitrogens with zero attached hydrogens (tertiary/aromatic N) is 2. The lowest BCUT2D eigenvalue weighted by Crippen LogP contribution is -2.22. The Morgan fingerprint density at radius 2 is 1.96 bits per heavy atom. The van der Waals surface area contributed by atoms with Gasteiger partial charge in [0, 0.05) is 0 Å². The molecular formula is C17H15N3O3S2. The topological polar surface area (TPSA) is 95.1 Å². The van der Waals surface area contributed by atoms with Crippen molar-refractivity contribution in [3.63, 3.8) is 0 Å². The number of primary amides is 1. The quantitative estimate of drug-likeness (QED) is 0.548. The van der Waals surface area contributed by atoms with Crippen LogP contribution in [-0.2, 0) is 4.79 Å². The van der Waals surface area contributed by atoms with Crippen molar-refractivity contribution < 1.29 is 9.59 Å². The van der Waals surface area contributed by atoms with Crippen molar-refractivity contribution in [1.29, 1.82) is 0 Å². The molecule has 2 aromatic heterocycles. The molecule has 1 amide bonds. The number of carbonyl (C=O) groups excluding carboxylic acids is 2. The molecule has 2 N–H and O–H groups in total. The summed E-state index contributed by atoms with van der Waals surface area (Å²) < 4.78 is 1.47. The molecular weight excluding hydrogens is 358 g/mol. The van der Waals surface area contributed by atoms with Crippen LogP contribution in [0, 0.1) is 6.92 Å². The van der Waals surface area contributed by atoms with Gasteiger partial charge in [-0.3, -0.25) is 19.0 Å². The van der Waals surface area contributed by atoms with Crippen LogP contribution in [0.1, 0.15) is 22.2 Å². The number of rotatable bonds is 5. The number of hydrogen-bond acceptors (Lipinski definition) is 6. The summed E-state index contributed by atoms with van der Waals surface area (Å²) in [6, 6.07) is 9.08. The number of benzene rings is 1. The van der Waals surface area contributed by atoms with Crippen LogP contribution < -0.4 is 11.3 Å². The predicted octanol–water partition coefficient (Wildman–Crippen LogP) is 2.54. The lowest BCUT2D eigenvalue weighted by molar-refractivity contribution is -0.114. The molecule has 25 heavy (non-hydrogen) atoms. The standard InChI is InChI=1S/C17H15N3O3S2/c1-9(21)8-24-17-19-15-12(10(2)13(25-15)14(18)22)16(23)20(17)11-6-4-3-5-7-11/h3-7H,8H2,1-2H3,(H2,18,22). The van der Waals surface area contributed by atoms with E-state index in [9.17, 15) is 14.4 Å². The highest BCUT2D eigenvalue weighted by atomic mass is 32.2. The highest BCUT2D eigenvalue weighted by Gasteiger charge is 2.21. The first-order chi connectivity index (χ1) is 11.9. The van der Waals surface area contributed by atoms with Gasteiger partial charge in [-0.2, -0.15) is 0 Å². The van der Waals surface area contributed by atoms with Crippen molar-refractivity contribution in [3.8, 4) is 5.69 Å². The fourth-order valence-corrected chi connectivity index (χ4v) is 4.35. The minimum atomic E-state index is -0.580. The first-order valence-electron chi connectivity index (χ1n) is 7.43. The van der Waals surface area contributed by atoms with Crippen molar-refractivity contribution in [2.45, 2.75) is 19.0 Å². The lowest BCUT2D eigenvalue weighted by Gasteiger charge is -2.11. The first kappa shape index (κ1) is 17.4. The largest absolute Gasteiger partial charge is 0.365 e. The zero-order chi connectivity index (χ0) is 18.1. The predicted molar refractivity (Wildman–Crippen MR) is 99.9 cm³/mol. The van der Waals surface area contributed by atoms with Gasteiger partial charge < -0.3 is 5.73 Å². The number of nitrogens with two attached hydrogens (primary N) is 1. The molecule has 3 aromatic rings. The number of carbonyl (C=O) groups is 2. The summed E-state index contributed by atoms with van der Waals surface area (Å²) >= 11 is 2.30. The lowest BCUT2D eigenvalue weighted by atomic mass is 10.2. The molecule has 3 rings (SSSR count). The maximum Gasteiger partial charge on any atom is 0.267 e. The molecule has 0 atom stereocenters. The summed E-state index contributed by atoms with van der Waals surface area (Å²) in [5, 5.41) is 0.797. The molecule has 0 aliphatic heterocycles. The summed E-state index contributed by atoms with van der Waals surface area (Å²) in [6.45, 7) is 3.18. The maximum absolute atomic E-state index is 13.1.